The SMILES string of the molecule is CC(C)(C(=O)c1cccc2c1OCCC2)N1CCNCC1. The third-order valence-electron chi connectivity index (χ3n) is 4.64. The number of nitrogens with one attached hydrogen (secondary N) is 1. The molecule has 1 aromatic rings. The van der Waals surface area contributed by atoms with Gasteiger partial charge in [-0.3, -0.25) is 9.69 Å². The predicted molar refractivity (Wildman–Crippen MR) is 83.1 cm³/mol. The second-order valence-corrected chi connectivity index (χ2v) is 6.37. The Hall–Kier alpha value is -1.39. The fourth-order valence-corrected chi connectivity index (χ4v) is 3.26. The molecule has 0 amide bonds. The van der Waals surface area contributed by atoms with Gasteiger partial charge in [0.05, 0.1) is 17.7 Å². The van der Waals surface area contributed by atoms with Gasteiger partial charge in [0.2, 0.25) is 0 Å². The molecular weight excluding hydrogens is 264 g/mol. The largest absolute Gasteiger partial charge is 0.493 e. The number of para-hydroxylation sites is 1. The van der Waals surface area contributed by atoms with Crippen LogP contribution in [0.1, 0.15) is 36.2 Å². The Kier molecular flexibility index (Phi) is 4.00. The van der Waals surface area contributed by atoms with Crippen LogP contribution in [-0.4, -0.2) is 49.0 Å². The molecule has 4 heteroatoms. The van der Waals surface area contributed by atoms with Crippen LogP contribution in [0.4, 0.5) is 0 Å². The number of carbonyl (C=O) groups is 1. The Bertz CT molecular complexity index is 534. The maximum atomic E-state index is 13.1. The molecule has 1 saturated heterocycles. The summed E-state index contributed by atoms with van der Waals surface area (Å²) in [5.41, 5.74) is 1.43. The van der Waals surface area contributed by atoms with Crippen LogP contribution in [0, 0.1) is 0 Å². The first-order valence-electron chi connectivity index (χ1n) is 7.86. The molecule has 2 aliphatic rings. The third kappa shape index (κ3) is 2.70. The van der Waals surface area contributed by atoms with E-state index >= 15 is 0 Å². The van der Waals surface area contributed by atoms with Crippen molar-refractivity contribution in [3.63, 3.8) is 0 Å². The topological polar surface area (TPSA) is 41.6 Å². The molecule has 21 heavy (non-hydrogen) atoms. The number of Topliss-reactive ketones (excluding diaryl/α,β-unsaturated/α-hetero) is 1. The van der Waals surface area contributed by atoms with Crippen molar-refractivity contribution in [2.75, 3.05) is 32.8 Å². The summed E-state index contributed by atoms with van der Waals surface area (Å²) in [4.78, 5) is 15.4. The standard InChI is InChI=1S/C17H24N2O2/c1-17(2,19-10-8-18-9-11-19)16(20)14-7-3-5-13-6-4-12-21-15(13)14/h3,5,7,18H,4,6,8-12H2,1-2H3. The minimum Gasteiger partial charge on any atom is -0.493 e. The van der Waals surface area contributed by atoms with Crippen molar-refractivity contribution in [2.24, 2.45) is 0 Å². The lowest BCUT2D eigenvalue weighted by Gasteiger charge is -2.40. The zero-order chi connectivity index (χ0) is 14.9. The molecule has 3 rings (SSSR count). The van der Waals surface area contributed by atoms with Gasteiger partial charge in [0.25, 0.3) is 0 Å². The molecule has 0 spiro atoms. The van der Waals surface area contributed by atoms with Gasteiger partial charge in [0.1, 0.15) is 5.75 Å². The maximum absolute atomic E-state index is 13.1. The van der Waals surface area contributed by atoms with E-state index in [0.717, 1.165) is 50.3 Å². The second-order valence-electron chi connectivity index (χ2n) is 6.37. The molecule has 0 unspecified atom stereocenters. The van der Waals surface area contributed by atoms with Gasteiger partial charge in [0, 0.05) is 26.2 Å². The number of carbonyl (C=O) groups excluding carboxylic acids is 1. The number of piperazine rings is 1. The van der Waals surface area contributed by atoms with Crippen molar-refractivity contribution in [3.8, 4) is 5.75 Å². The van der Waals surface area contributed by atoms with Crippen molar-refractivity contribution in [1.29, 1.82) is 0 Å². The van der Waals surface area contributed by atoms with Gasteiger partial charge in [-0.15, -0.1) is 0 Å². The number of ether oxygens (including phenoxy) is 1. The smallest absolute Gasteiger partial charge is 0.186 e. The van der Waals surface area contributed by atoms with Gasteiger partial charge >= 0.3 is 0 Å². The Morgan fingerprint density at radius 1 is 1.29 bits per heavy atom. The number of hydrogen-bond donors (Lipinski definition) is 1. The molecule has 2 heterocycles. The van der Waals surface area contributed by atoms with Crippen LogP contribution in [0.5, 0.6) is 5.75 Å². The molecule has 0 atom stereocenters. The Balaban J connectivity index is 1.90. The molecule has 2 aliphatic heterocycles. The molecule has 1 N–H and O–H groups in total. The number of ketones is 1. The highest BCUT2D eigenvalue weighted by atomic mass is 16.5. The highest BCUT2D eigenvalue weighted by Crippen LogP contribution is 2.32. The van der Waals surface area contributed by atoms with Gasteiger partial charge < -0.3 is 10.1 Å². The van der Waals surface area contributed by atoms with Crippen molar-refractivity contribution >= 4 is 5.78 Å². The molecule has 0 aliphatic carbocycles. The number of rotatable bonds is 3. The van der Waals surface area contributed by atoms with Gasteiger partial charge in [-0.05, 0) is 38.3 Å². The Labute approximate surface area is 126 Å². The number of fused-ring (bicyclic) bond motifs is 1. The van der Waals surface area contributed by atoms with Gasteiger partial charge in [-0.1, -0.05) is 12.1 Å². The molecule has 1 aromatic carbocycles. The zero-order valence-electron chi connectivity index (χ0n) is 12.9. The van der Waals surface area contributed by atoms with E-state index in [0.29, 0.717) is 6.61 Å². The van der Waals surface area contributed by atoms with Crippen molar-refractivity contribution in [3.05, 3.63) is 29.3 Å². The average molecular weight is 288 g/mol. The summed E-state index contributed by atoms with van der Waals surface area (Å²) in [5.74, 6) is 0.986. The van der Waals surface area contributed by atoms with Crippen molar-refractivity contribution in [2.45, 2.75) is 32.2 Å². The molecular formula is C17H24N2O2. The average Bonchev–Trinajstić information content (AvgIpc) is 2.54. The van der Waals surface area contributed by atoms with Crippen LogP contribution in [0.15, 0.2) is 18.2 Å². The Morgan fingerprint density at radius 2 is 2.05 bits per heavy atom. The van der Waals surface area contributed by atoms with Crippen molar-refractivity contribution < 1.29 is 9.53 Å². The maximum Gasteiger partial charge on any atom is 0.186 e. The first-order chi connectivity index (χ1) is 10.1. The molecule has 0 radical (unpaired) electrons. The third-order valence-corrected chi connectivity index (χ3v) is 4.64. The number of benzene rings is 1. The normalized spacial score (nSPS) is 19.7. The number of nitrogens with zero attached hydrogens (tertiary/aromatic N) is 1. The molecule has 114 valence electrons. The van der Waals surface area contributed by atoms with Crippen LogP contribution in [0.25, 0.3) is 0 Å². The summed E-state index contributed by atoms with van der Waals surface area (Å²) in [6.45, 7) is 8.49. The molecule has 0 bridgehead atoms. The quantitative estimate of drug-likeness (QED) is 0.862. The monoisotopic (exact) mass is 288 g/mol. The van der Waals surface area contributed by atoms with Gasteiger partial charge in [-0.2, -0.15) is 0 Å². The number of aryl methyl sites for hydroxylation is 1. The van der Waals surface area contributed by atoms with Gasteiger partial charge in [0.15, 0.2) is 5.78 Å². The number of hydrogen-bond acceptors (Lipinski definition) is 4. The minimum absolute atomic E-state index is 0.170. The van der Waals surface area contributed by atoms with Crippen LogP contribution < -0.4 is 10.1 Å². The van der Waals surface area contributed by atoms with Crippen molar-refractivity contribution in [1.82, 2.24) is 10.2 Å². The van der Waals surface area contributed by atoms with E-state index < -0.39 is 5.54 Å². The fraction of sp³-hybridized carbons (Fsp3) is 0.588. The summed E-state index contributed by atoms with van der Waals surface area (Å²) in [6, 6.07) is 5.97. The summed E-state index contributed by atoms with van der Waals surface area (Å²) < 4.78 is 5.81. The molecule has 4 nitrogen and oxygen atoms in total. The van der Waals surface area contributed by atoms with E-state index in [9.17, 15) is 4.79 Å². The summed E-state index contributed by atoms with van der Waals surface area (Å²) >= 11 is 0. The predicted octanol–water partition coefficient (Wildman–Crippen LogP) is 1.88. The zero-order valence-corrected chi connectivity index (χ0v) is 12.9. The molecule has 1 fully saturated rings. The first kappa shape index (κ1) is 14.5. The summed E-state index contributed by atoms with van der Waals surface area (Å²) in [6.07, 6.45) is 2.04. The lowest BCUT2D eigenvalue weighted by atomic mass is 9.88. The van der Waals surface area contributed by atoms with E-state index in [1.165, 1.54) is 5.56 Å². The van der Waals surface area contributed by atoms with E-state index in [4.69, 9.17) is 4.74 Å². The first-order valence-corrected chi connectivity index (χ1v) is 7.86. The minimum atomic E-state index is -0.488. The highest BCUT2D eigenvalue weighted by Gasteiger charge is 2.37. The Morgan fingerprint density at radius 3 is 2.81 bits per heavy atom. The van der Waals surface area contributed by atoms with Crippen LogP contribution in [0.3, 0.4) is 0 Å². The van der Waals surface area contributed by atoms with E-state index in [1.54, 1.807) is 0 Å². The van der Waals surface area contributed by atoms with Crippen LogP contribution in [-0.2, 0) is 6.42 Å². The van der Waals surface area contributed by atoms with E-state index in [2.05, 4.69) is 16.3 Å². The van der Waals surface area contributed by atoms with E-state index in [-0.39, 0.29) is 5.78 Å². The van der Waals surface area contributed by atoms with Gasteiger partial charge in [-0.25, -0.2) is 0 Å². The summed E-state index contributed by atoms with van der Waals surface area (Å²) in [7, 11) is 0. The van der Waals surface area contributed by atoms with E-state index in [1.807, 2.05) is 26.0 Å². The lowest BCUT2D eigenvalue weighted by Crippen LogP contribution is -2.57. The molecule has 0 aromatic heterocycles. The second kappa shape index (κ2) is 5.78. The highest BCUT2D eigenvalue weighted by molar-refractivity contribution is 6.05. The summed E-state index contributed by atoms with van der Waals surface area (Å²) in [5, 5.41) is 3.34. The fourth-order valence-electron chi connectivity index (χ4n) is 3.26. The lowest BCUT2D eigenvalue weighted by molar-refractivity contribution is 0.0598. The molecule has 0 saturated carbocycles. The van der Waals surface area contributed by atoms with Crippen LogP contribution >= 0.6 is 0 Å². The van der Waals surface area contributed by atoms with Crippen LogP contribution in [0.2, 0.25) is 0 Å².